The molecule has 0 atom stereocenters. The van der Waals surface area contributed by atoms with Gasteiger partial charge in [0.1, 0.15) is 22.2 Å². The first-order valence-electron chi connectivity index (χ1n) is 8.77. The van der Waals surface area contributed by atoms with Gasteiger partial charge in [-0.3, -0.25) is 9.59 Å². The molecule has 1 heterocycles. The third-order valence-electron chi connectivity index (χ3n) is 4.28. The lowest BCUT2D eigenvalue weighted by Gasteiger charge is -2.16. The quantitative estimate of drug-likeness (QED) is 0.460. The summed E-state index contributed by atoms with van der Waals surface area (Å²) in [5.41, 5.74) is 0.732. The minimum absolute atomic E-state index is 0.0376. The molecule has 2 amide bonds. The normalized spacial score (nSPS) is 13.8. The van der Waals surface area contributed by atoms with E-state index in [0.717, 1.165) is 4.90 Å². The molecule has 0 unspecified atom stereocenters. The van der Waals surface area contributed by atoms with Crippen LogP contribution in [0.25, 0.3) is 0 Å². The number of imide groups is 1. The Labute approximate surface area is 187 Å². The summed E-state index contributed by atoms with van der Waals surface area (Å²) in [6, 6.07) is 20.7. The van der Waals surface area contributed by atoms with Crippen molar-refractivity contribution >= 4 is 58.0 Å². The highest BCUT2D eigenvalue weighted by Crippen LogP contribution is 2.35. The van der Waals surface area contributed by atoms with Crippen molar-refractivity contribution in [2.45, 2.75) is 0 Å². The highest BCUT2D eigenvalue weighted by Gasteiger charge is 2.39. The van der Waals surface area contributed by atoms with Crippen molar-refractivity contribution in [3.05, 3.63) is 93.6 Å². The first-order valence-corrected chi connectivity index (χ1v) is 9.91. The van der Waals surface area contributed by atoms with Crippen LogP contribution in [0.2, 0.25) is 10.0 Å². The number of hydrogen-bond donors (Lipinski definition) is 1. The van der Waals surface area contributed by atoms with Crippen LogP contribution in [-0.2, 0) is 9.59 Å². The number of halogens is 3. The molecule has 0 aromatic heterocycles. The fraction of sp³-hybridized carbons (Fsp3) is 0. The van der Waals surface area contributed by atoms with E-state index in [0.29, 0.717) is 22.2 Å². The van der Waals surface area contributed by atoms with Gasteiger partial charge >= 0.3 is 0 Å². The Kier molecular flexibility index (Phi) is 5.68. The number of nitrogens with zero attached hydrogens (tertiary/aromatic N) is 1. The van der Waals surface area contributed by atoms with Gasteiger partial charge in [0, 0.05) is 10.7 Å². The van der Waals surface area contributed by atoms with Crippen LogP contribution in [0, 0.1) is 0 Å². The standard InChI is InChI=1S/C22H13Cl3N2O3/c23-13-6-11-18(17(24)12-13)27-21(28)19(25)20(22(27)29)26-14-7-9-16(10-8-14)30-15-4-2-1-3-5-15/h1-12,26H. The summed E-state index contributed by atoms with van der Waals surface area (Å²) < 4.78 is 5.74. The molecular weight excluding hydrogens is 447 g/mol. The maximum atomic E-state index is 12.9. The highest BCUT2D eigenvalue weighted by molar-refractivity contribution is 6.53. The molecule has 1 aliphatic rings. The van der Waals surface area contributed by atoms with Crippen LogP contribution >= 0.6 is 34.8 Å². The molecule has 150 valence electrons. The zero-order valence-electron chi connectivity index (χ0n) is 15.2. The summed E-state index contributed by atoms with van der Waals surface area (Å²) in [6.45, 7) is 0. The fourth-order valence-corrected chi connectivity index (χ4v) is 3.57. The van der Waals surface area contributed by atoms with E-state index >= 15 is 0 Å². The van der Waals surface area contributed by atoms with Crippen LogP contribution < -0.4 is 15.0 Å². The van der Waals surface area contributed by atoms with Gasteiger partial charge in [-0.1, -0.05) is 53.0 Å². The van der Waals surface area contributed by atoms with E-state index in [1.807, 2.05) is 30.3 Å². The van der Waals surface area contributed by atoms with Gasteiger partial charge in [0.25, 0.3) is 11.8 Å². The Morgan fingerprint density at radius 1 is 0.767 bits per heavy atom. The zero-order chi connectivity index (χ0) is 21.3. The minimum atomic E-state index is -0.669. The number of nitrogens with one attached hydrogen (secondary N) is 1. The zero-order valence-corrected chi connectivity index (χ0v) is 17.5. The summed E-state index contributed by atoms with van der Waals surface area (Å²) >= 11 is 18.2. The second-order valence-electron chi connectivity index (χ2n) is 6.29. The lowest BCUT2D eigenvalue weighted by atomic mass is 10.2. The Bertz CT molecular complexity index is 1160. The third-order valence-corrected chi connectivity index (χ3v) is 5.17. The molecule has 0 fully saturated rings. The molecule has 5 nitrogen and oxygen atoms in total. The molecule has 0 saturated carbocycles. The maximum Gasteiger partial charge on any atom is 0.283 e. The van der Waals surface area contributed by atoms with Gasteiger partial charge in [-0.25, -0.2) is 4.90 Å². The van der Waals surface area contributed by atoms with Crippen LogP contribution in [0.3, 0.4) is 0 Å². The van der Waals surface area contributed by atoms with Crippen molar-refractivity contribution in [2.24, 2.45) is 0 Å². The molecule has 3 aromatic rings. The SMILES string of the molecule is O=C1C(Cl)=C(Nc2ccc(Oc3ccccc3)cc2)C(=O)N1c1ccc(Cl)cc1Cl. The Balaban J connectivity index is 1.53. The number of anilines is 2. The first kappa shape index (κ1) is 20.3. The van der Waals surface area contributed by atoms with Gasteiger partial charge in [0.2, 0.25) is 0 Å². The number of benzene rings is 3. The Morgan fingerprint density at radius 2 is 1.43 bits per heavy atom. The van der Waals surface area contributed by atoms with E-state index < -0.39 is 11.8 Å². The van der Waals surface area contributed by atoms with Gasteiger partial charge in [0.15, 0.2) is 0 Å². The third kappa shape index (κ3) is 4.00. The van der Waals surface area contributed by atoms with Gasteiger partial charge < -0.3 is 10.1 Å². The number of amides is 2. The lowest BCUT2D eigenvalue weighted by Crippen LogP contribution is -2.32. The van der Waals surface area contributed by atoms with Crippen LogP contribution in [0.1, 0.15) is 0 Å². The van der Waals surface area contributed by atoms with E-state index in [1.54, 1.807) is 24.3 Å². The maximum absolute atomic E-state index is 12.9. The van der Waals surface area contributed by atoms with E-state index in [9.17, 15) is 9.59 Å². The van der Waals surface area contributed by atoms with Crippen molar-refractivity contribution in [2.75, 3.05) is 10.2 Å². The van der Waals surface area contributed by atoms with Crippen molar-refractivity contribution in [1.82, 2.24) is 0 Å². The van der Waals surface area contributed by atoms with Gasteiger partial charge in [0.05, 0.1) is 10.7 Å². The number of hydrogen-bond acceptors (Lipinski definition) is 4. The lowest BCUT2D eigenvalue weighted by molar-refractivity contribution is -0.120. The molecular formula is C22H13Cl3N2O3. The predicted molar refractivity (Wildman–Crippen MR) is 118 cm³/mol. The van der Waals surface area contributed by atoms with Crippen molar-refractivity contribution in [3.63, 3.8) is 0 Å². The van der Waals surface area contributed by atoms with E-state index in [1.165, 1.54) is 18.2 Å². The predicted octanol–water partition coefficient (Wildman–Crippen LogP) is 6.22. The van der Waals surface area contributed by atoms with Crippen LogP contribution in [-0.4, -0.2) is 11.8 Å². The summed E-state index contributed by atoms with van der Waals surface area (Å²) in [4.78, 5) is 26.3. The van der Waals surface area contributed by atoms with Gasteiger partial charge in [-0.2, -0.15) is 0 Å². The molecule has 30 heavy (non-hydrogen) atoms. The number of ether oxygens (including phenoxy) is 1. The molecule has 8 heteroatoms. The van der Waals surface area contributed by atoms with Crippen LogP contribution in [0.15, 0.2) is 83.5 Å². The largest absolute Gasteiger partial charge is 0.457 e. The summed E-state index contributed by atoms with van der Waals surface area (Å²) in [6.07, 6.45) is 0. The Morgan fingerprint density at radius 3 is 2.10 bits per heavy atom. The second-order valence-corrected chi connectivity index (χ2v) is 7.52. The molecule has 1 N–H and O–H groups in total. The molecule has 0 radical (unpaired) electrons. The van der Waals surface area contributed by atoms with E-state index in [-0.39, 0.29) is 21.4 Å². The van der Waals surface area contributed by atoms with E-state index in [2.05, 4.69) is 5.32 Å². The molecule has 0 saturated heterocycles. The number of rotatable bonds is 5. The molecule has 0 spiro atoms. The number of para-hydroxylation sites is 1. The number of carbonyl (C=O) groups excluding carboxylic acids is 2. The molecule has 3 aromatic carbocycles. The first-order chi connectivity index (χ1) is 14.4. The topological polar surface area (TPSA) is 58.6 Å². The van der Waals surface area contributed by atoms with Crippen LogP contribution in [0.5, 0.6) is 11.5 Å². The minimum Gasteiger partial charge on any atom is -0.457 e. The summed E-state index contributed by atoms with van der Waals surface area (Å²) in [5.74, 6) is 0.0440. The smallest absolute Gasteiger partial charge is 0.283 e. The molecule has 1 aliphatic heterocycles. The summed E-state index contributed by atoms with van der Waals surface area (Å²) in [5, 5.41) is 3.23. The summed E-state index contributed by atoms with van der Waals surface area (Å²) in [7, 11) is 0. The number of carbonyl (C=O) groups is 2. The monoisotopic (exact) mass is 458 g/mol. The van der Waals surface area contributed by atoms with Crippen molar-refractivity contribution in [1.29, 1.82) is 0 Å². The van der Waals surface area contributed by atoms with Crippen molar-refractivity contribution in [3.8, 4) is 11.5 Å². The van der Waals surface area contributed by atoms with Gasteiger partial charge in [-0.15, -0.1) is 0 Å². The highest BCUT2D eigenvalue weighted by atomic mass is 35.5. The second kappa shape index (κ2) is 8.40. The average Bonchev–Trinajstić information content (AvgIpc) is 2.94. The van der Waals surface area contributed by atoms with Gasteiger partial charge in [-0.05, 0) is 54.6 Å². The molecule has 4 rings (SSSR count). The van der Waals surface area contributed by atoms with Crippen molar-refractivity contribution < 1.29 is 14.3 Å². The average molecular weight is 460 g/mol. The molecule has 0 aliphatic carbocycles. The van der Waals surface area contributed by atoms with Crippen LogP contribution in [0.4, 0.5) is 11.4 Å². The molecule has 0 bridgehead atoms. The fourth-order valence-electron chi connectivity index (χ4n) is 2.87. The van der Waals surface area contributed by atoms with E-state index in [4.69, 9.17) is 39.5 Å². The Hall–Kier alpha value is -2.99.